The third-order valence-corrected chi connectivity index (χ3v) is 7.23. The molecule has 0 aromatic heterocycles. The second kappa shape index (κ2) is 10.0. The molecule has 1 unspecified atom stereocenters. The van der Waals surface area contributed by atoms with Crippen molar-refractivity contribution in [1.29, 1.82) is 0 Å². The third kappa shape index (κ3) is 5.33. The molecule has 0 aliphatic carbocycles. The van der Waals surface area contributed by atoms with Crippen molar-refractivity contribution in [3.05, 3.63) is 65.5 Å². The normalized spacial score (nSPS) is 19.8. The van der Waals surface area contributed by atoms with Crippen molar-refractivity contribution in [2.24, 2.45) is 0 Å². The van der Waals surface area contributed by atoms with Gasteiger partial charge >= 0.3 is 0 Å². The van der Waals surface area contributed by atoms with Gasteiger partial charge in [-0.25, -0.2) is 4.39 Å². The monoisotopic (exact) mass is 456 g/mol. The lowest BCUT2D eigenvalue weighted by atomic mass is 9.88. The maximum Gasteiger partial charge on any atom is 0.254 e. The first kappa shape index (κ1) is 22.8. The number of hydrogen-bond acceptors (Lipinski definition) is 4. The van der Waals surface area contributed by atoms with Gasteiger partial charge in [0.1, 0.15) is 5.82 Å². The summed E-state index contributed by atoms with van der Waals surface area (Å²) >= 11 is 1.69. The lowest BCUT2D eigenvalue weighted by Gasteiger charge is -2.39. The summed E-state index contributed by atoms with van der Waals surface area (Å²) < 4.78 is 20.1. The fraction of sp³-hybridized carbons (Fsp3) is 0.440. The van der Waals surface area contributed by atoms with Gasteiger partial charge in [-0.1, -0.05) is 24.3 Å². The molecule has 2 saturated heterocycles. The van der Waals surface area contributed by atoms with Crippen molar-refractivity contribution >= 4 is 23.6 Å². The van der Waals surface area contributed by atoms with Crippen LogP contribution in [0.15, 0.2) is 53.4 Å². The Labute approximate surface area is 192 Å². The van der Waals surface area contributed by atoms with Gasteiger partial charge in [-0.3, -0.25) is 9.59 Å². The lowest BCUT2D eigenvalue weighted by Crippen LogP contribution is -2.47. The zero-order valence-electron chi connectivity index (χ0n) is 18.3. The average molecular weight is 457 g/mol. The Morgan fingerprint density at radius 1 is 1.12 bits per heavy atom. The highest BCUT2D eigenvalue weighted by Gasteiger charge is 2.43. The quantitative estimate of drug-likeness (QED) is 0.666. The van der Waals surface area contributed by atoms with Crippen LogP contribution in [0, 0.1) is 5.82 Å². The Morgan fingerprint density at radius 3 is 2.53 bits per heavy atom. The van der Waals surface area contributed by atoms with E-state index < -0.39 is 11.7 Å². The van der Waals surface area contributed by atoms with E-state index in [-0.39, 0.29) is 23.2 Å². The first-order chi connectivity index (χ1) is 15.5. The number of piperidine rings is 1. The zero-order valence-corrected chi connectivity index (χ0v) is 19.1. The predicted octanol–water partition coefficient (Wildman–Crippen LogP) is 4.06. The minimum atomic E-state index is -0.522. The van der Waals surface area contributed by atoms with Gasteiger partial charge < -0.3 is 15.0 Å². The van der Waals surface area contributed by atoms with Crippen LogP contribution in [0.5, 0.6) is 0 Å². The van der Waals surface area contributed by atoms with Gasteiger partial charge in [0, 0.05) is 24.5 Å². The van der Waals surface area contributed by atoms with Gasteiger partial charge in [0.05, 0.1) is 23.7 Å². The molecule has 0 saturated carbocycles. The van der Waals surface area contributed by atoms with E-state index in [9.17, 15) is 14.0 Å². The van der Waals surface area contributed by atoms with Gasteiger partial charge in [-0.05, 0) is 61.8 Å². The number of benzene rings is 2. The van der Waals surface area contributed by atoms with Gasteiger partial charge in [0.15, 0.2) is 0 Å². The minimum absolute atomic E-state index is 0.0510. The van der Waals surface area contributed by atoms with Crippen molar-refractivity contribution in [3.63, 3.8) is 0 Å². The van der Waals surface area contributed by atoms with Gasteiger partial charge in [0.2, 0.25) is 5.91 Å². The molecular formula is C25H29FN2O3S. The van der Waals surface area contributed by atoms with Gasteiger partial charge in [0.25, 0.3) is 5.91 Å². The van der Waals surface area contributed by atoms with E-state index >= 15 is 0 Å². The third-order valence-electron chi connectivity index (χ3n) is 6.49. The van der Waals surface area contributed by atoms with Crippen LogP contribution in [0.3, 0.4) is 0 Å². The van der Waals surface area contributed by atoms with Crippen LogP contribution in [0.25, 0.3) is 0 Å². The Bertz CT molecular complexity index is 958. The zero-order chi connectivity index (χ0) is 22.6. The molecule has 0 bridgehead atoms. The summed E-state index contributed by atoms with van der Waals surface area (Å²) in [7, 11) is 0. The second-order valence-electron chi connectivity index (χ2n) is 8.56. The molecule has 32 heavy (non-hydrogen) atoms. The highest BCUT2D eigenvalue weighted by atomic mass is 32.2. The van der Waals surface area contributed by atoms with Crippen molar-refractivity contribution in [1.82, 2.24) is 10.2 Å². The van der Waals surface area contributed by atoms with Crippen molar-refractivity contribution in [2.45, 2.75) is 48.7 Å². The first-order valence-electron chi connectivity index (χ1n) is 11.1. The number of ether oxygens (including phenoxy) is 1. The number of halogens is 1. The van der Waals surface area contributed by atoms with Crippen LogP contribution in [0.1, 0.15) is 41.6 Å². The first-order valence-corrected chi connectivity index (χ1v) is 12.3. The van der Waals surface area contributed by atoms with E-state index in [1.807, 2.05) is 23.3 Å². The number of nitrogens with zero attached hydrogens (tertiary/aromatic N) is 1. The number of amides is 2. The van der Waals surface area contributed by atoms with E-state index in [0.717, 1.165) is 31.2 Å². The fourth-order valence-electron chi connectivity index (χ4n) is 4.55. The Morgan fingerprint density at radius 2 is 1.84 bits per heavy atom. The fourth-order valence-corrected chi connectivity index (χ4v) is 4.96. The number of likely N-dealkylation sites (tertiary alicyclic amines) is 1. The van der Waals surface area contributed by atoms with E-state index in [2.05, 4.69) is 17.4 Å². The maximum atomic E-state index is 13.8. The van der Waals surface area contributed by atoms with Gasteiger partial charge in [-0.2, -0.15) is 0 Å². The number of thioether (sulfide) groups is 1. The second-order valence-corrected chi connectivity index (χ2v) is 9.44. The topological polar surface area (TPSA) is 58.6 Å². The largest absolute Gasteiger partial charge is 0.370 e. The Kier molecular flexibility index (Phi) is 7.16. The van der Waals surface area contributed by atoms with Crippen molar-refractivity contribution in [2.75, 3.05) is 25.9 Å². The van der Waals surface area contributed by atoms with Crippen molar-refractivity contribution < 1.29 is 18.7 Å². The van der Waals surface area contributed by atoms with Crippen LogP contribution < -0.4 is 5.32 Å². The number of nitrogens with one attached hydrogen (secondary N) is 1. The molecule has 170 valence electrons. The van der Waals surface area contributed by atoms with E-state index in [1.54, 1.807) is 23.9 Å². The van der Waals surface area contributed by atoms with Crippen LogP contribution >= 0.6 is 11.8 Å². The molecule has 7 heteroatoms. The Hall–Kier alpha value is -2.38. The molecule has 2 aliphatic heterocycles. The number of carbonyl (C=O) groups is 2. The van der Waals surface area contributed by atoms with E-state index in [1.165, 1.54) is 17.0 Å². The lowest BCUT2D eigenvalue weighted by molar-refractivity contribution is -0.136. The smallest absolute Gasteiger partial charge is 0.254 e. The van der Waals surface area contributed by atoms with E-state index in [0.29, 0.717) is 26.1 Å². The molecule has 2 aromatic carbocycles. The molecule has 2 aliphatic rings. The summed E-state index contributed by atoms with van der Waals surface area (Å²) in [6, 6.07) is 14.1. The van der Waals surface area contributed by atoms with E-state index in [4.69, 9.17) is 4.74 Å². The molecule has 0 radical (unpaired) electrons. The molecule has 2 fully saturated rings. The number of rotatable bonds is 6. The average Bonchev–Trinajstić information content (AvgIpc) is 3.21. The molecule has 1 atom stereocenters. The SMILES string of the molecule is CSc1ccc(CC(=O)N2CCC3(CCC(CNC(=O)c4ccccc4F)O3)CC2)cc1. The minimum Gasteiger partial charge on any atom is -0.370 e. The molecule has 2 amide bonds. The molecule has 5 nitrogen and oxygen atoms in total. The highest BCUT2D eigenvalue weighted by Crippen LogP contribution is 2.38. The molecule has 2 aromatic rings. The standard InChI is InChI=1S/C25H29FN2O3S/c1-32-20-8-6-18(7-9-20)16-23(29)28-14-12-25(13-15-28)11-10-19(31-25)17-27-24(30)21-4-2-3-5-22(21)26/h2-9,19H,10-17H2,1H3,(H,27,30). The van der Waals surface area contributed by atoms with Crippen LogP contribution in [-0.4, -0.2) is 54.3 Å². The summed E-state index contributed by atoms with van der Waals surface area (Å²) in [5.74, 6) is -0.784. The highest BCUT2D eigenvalue weighted by molar-refractivity contribution is 7.98. The Balaban J connectivity index is 1.23. The molecule has 1 spiro atoms. The summed E-state index contributed by atoms with van der Waals surface area (Å²) in [4.78, 5) is 28.1. The van der Waals surface area contributed by atoms with Crippen molar-refractivity contribution in [3.8, 4) is 0 Å². The molecule has 1 N–H and O–H groups in total. The number of hydrogen-bond donors (Lipinski definition) is 1. The van der Waals surface area contributed by atoms with Crippen LogP contribution in [-0.2, 0) is 16.0 Å². The molecular weight excluding hydrogens is 427 g/mol. The summed E-state index contributed by atoms with van der Waals surface area (Å²) in [5, 5.41) is 2.80. The molecule has 2 heterocycles. The van der Waals surface area contributed by atoms with Crippen LogP contribution in [0.2, 0.25) is 0 Å². The summed E-state index contributed by atoms with van der Waals surface area (Å²) in [5.41, 5.74) is 0.871. The summed E-state index contributed by atoms with van der Waals surface area (Å²) in [6.07, 6.45) is 5.77. The van der Waals surface area contributed by atoms with Gasteiger partial charge in [-0.15, -0.1) is 11.8 Å². The molecule has 4 rings (SSSR count). The van der Waals surface area contributed by atoms with Crippen LogP contribution in [0.4, 0.5) is 4.39 Å². The number of carbonyl (C=O) groups excluding carboxylic acids is 2. The summed E-state index contributed by atoms with van der Waals surface area (Å²) in [6.45, 7) is 1.75. The maximum absolute atomic E-state index is 13.8. The predicted molar refractivity (Wildman–Crippen MR) is 123 cm³/mol.